The lowest BCUT2D eigenvalue weighted by molar-refractivity contribution is -0.0167. The van der Waals surface area contributed by atoms with Gasteiger partial charge in [0.15, 0.2) is 0 Å². The Labute approximate surface area is 157 Å². The third-order valence-corrected chi connectivity index (χ3v) is 8.45. The van der Waals surface area contributed by atoms with E-state index in [0.29, 0.717) is 0 Å². The van der Waals surface area contributed by atoms with E-state index in [4.69, 9.17) is 0 Å². The van der Waals surface area contributed by atoms with Crippen LogP contribution in [0.2, 0.25) is 0 Å². The first kappa shape index (κ1) is 19.3. The zero-order chi connectivity index (χ0) is 17.7. The van der Waals surface area contributed by atoms with Crippen LogP contribution >= 0.6 is 0 Å². The average Bonchev–Trinajstić information content (AvgIpc) is 2.67. The number of fused-ring (bicyclic) bond motifs is 3. The van der Waals surface area contributed by atoms with Crippen LogP contribution in [0, 0.1) is 46.3 Å². The maximum atomic E-state index is 9.69. The highest BCUT2D eigenvalue weighted by molar-refractivity contribution is 5.05. The van der Waals surface area contributed by atoms with Gasteiger partial charge in [-0.2, -0.15) is 5.26 Å². The Morgan fingerprint density at radius 3 is 2.40 bits per heavy atom. The van der Waals surface area contributed by atoms with Gasteiger partial charge in [-0.1, -0.05) is 58.8 Å². The standard InChI is InChI=1S/C24H41N/c1-3-5-6-7-8-9-19-10-13-22-20(16-19)11-12-21-17-24(4-2,18-25)15-14-23(21)22/h19-23H,3-17H2,1-2H3/t19-,20?,21?,22?,23?,24+/m0/s1. The molecule has 0 saturated heterocycles. The molecule has 0 aromatic rings. The van der Waals surface area contributed by atoms with E-state index >= 15 is 0 Å². The van der Waals surface area contributed by atoms with Gasteiger partial charge in [0.2, 0.25) is 0 Å². The van der Waals surface area contributed by atoms with Gasteiger partial charge < -0.3 is 0 Å². The minimum Gasteiger partial charge on any atom is -0.198 e. The minimum atomic E-state index is 0.0314. The Bertz CT molecular complexity index is 450. The van der Waals surface area contributed by atoms with Gasteiger partial charge in [0.05, 0.1) is 11.5 Å². The molecule has 3 saturated carbocycles. The highest BCUT2D eigenvalue weighted by atomic mass is 14.5. The number of nitriles is 1. The molecule has 0 spiro atoms. The third kappa shape index (κ3) is 4.43. The van der Waals surface area contributed by atoms with Crippen LogP contribution in [0.5, 0.6) is 0 Å². The fraction of sp³-hybridized carbons (Fsp3) is 0.958. The van der Waals surface area contributed by atoms with Crippen molar-refractivity contribution in [1.82, 2.24) is 0 Å². The van der Waals surface area contributed by atoms with E-state index in [1.165, 1.54) is 83.5 Å². The van der Waals surface area contributed by atoms with Gasteiger partial charge in [0.1, 0.15) is 0 Å². The molecule has 0 heterocycles. The summed E-state index contributed by atoms with van der Waals surface area (Å²) < 4.78 is 0. The molecule has 3 rings (SSSR count). The normalized spacial score (nSPS) is 40.8. The van der Waals surface area contributed by atoms with Crippen molar-refractivity contribution >= 4 is 0 Å². The number of rotatable bonds is 7. The van der Waals surface area contributed by atoms with Crippen LogP contribution in [0.3, 0.4) is 0 Å². The molecule has 0 bridgehead atoms. The zero-order valence-electron chi connectivity index (χ0n) is 16.9. The van der Waals surface area contributed by atoms with Crippen LogP contribution < -0.4 is 0 Å². The van der Waals surface area contributed by atoms with Crippen molar-refractivity contribution in [2.45, 2.75) is 110 Å². The number of hydrogen-bond acceptors (Lipinski definition) is 1. The number of hydrogen-bond donors (Lipinski definition) is 0. The van der Waals surface area contributed by atoms with Crippen molar-refractivity contribution in [3.05, 3.63) is 0 Å². The van der Waals surface area contributed by atoms with Crippen LogP contribution in [0.25, 0.3) is 0 Å². The molecule has 0 N–H and O–H groups in total. The highest BCUT2D eigenvalue weighted by Gasteiger charge is 2.48. The summed E-state index contributed by atoms with van der Waals surface area (Å²) in [4.78, 5) is 0. The highest BCUT2D eigenvalue weighted by Crippen LogP contribution is 2.56. The monoisotopic (exact) mass is 343 g/mol. The molecular weight excluding hydrogens is 302 g/mol. The lowest BCUT2D eigenvalue weighted by Crippen LogP contribution is -2.43. The first-order chi connectivity index (χ1) is 12.2. The van der Waals surface area contributed by atoms with Crippen molar-refractivity contribution in [3.8, 4) is 6.07 Å². The van der Waals surface area contributed by atoms with Crippen molar-refractivity contribution in [3.63, 3.8) is 0 Å². The van der Waals surface area contributed by atoms with Crippen LogP contribution in [0.4, 0.5) is 0 Å². The fourth-order valence-corrected chi connectivity index (χ4v) is 6.82. The van der Waals surface area contributed by atoms with Gasteiger partial charge in [-0.25, -0.2) is 0 Å². The molecule has 1 nitrogen and oxygen atoms in total. The van der Waals surface area contributed by atoms with Crippen LogP contribution in [-0.4, -0.2) is 0 Å². The Morgan fingerprint density at radius 1 is 0.880 bits per heavy atom. The molecule has 4 unspecified atom stereocenters. The van der Waals surface area contributed by atoms with Gasteiger partial charge in [-0.3, -0.25) is 0 Å². The van der Waals surface area contributed by atoms with Crippen molar-refractivity contribution in [2.24, 2.45) is 35.0 Å². The molecule has 0 radical (unpaired) electrons. The van der Waals surface area contributed by atoms with E-state index in [2.05, 4.69) is 19.9 Å². The van der Waals surface area contributed by atoms with Gasteiger partial charge in [0, 0.05) is 0 Å². The molecular formula is C24H41N. The first-order valence-corrected chi connectivity index (χ1v) is 11.6. The summed E-state index contributed by atoms with van der Waals surface area (Å²) in [6.45, 7) is 4.55. The van der Waals surface area contributed by atoms with E-state index in [1.54, 1.807) is 6.42 Å². The molecule has 3 aliphatic rings. The number of unbranched alkanes of at least 4 members (excludes halogenated alkanes) is 4. The van der Waals surface area contributed by atoms with E-state index in [9.17, 15) is 5.26 Å². The molecule has 142 valence electrons. The second-order valence-electron chi connectivity index (χ2n) is 9.80. The summed E-state index contributed by atoms with van der Waals surface area (Å²) in [5.74, 6) is 4.94. The Hall–Kier alpha value is -0.510. The average molecular weight is 344 g/mol. The van der Waals surface area contributed by atoms with Crippen molar-refractivity contribution < 1.29 is 0 Å². The van der Waals surface area contributed by atoms with Crippen LogP contribution in [-0.2, 0) is 0 Å². The summed E-state index contributed by atoms with van der Waals surface area (Å²) in [5.41, 5.74) is 0.0314. The smallest absolute Gasteiger partial charge is 0.0689 e. The van der Waals surface area contributed by atoms with Gasteiger partial charge >= 0.3 is 0 Å². The molecule has 0 aliphatic heterocycles. The van der Waals surface area contributed by atoms with Gasteiger partial charge in [0.25, 0.3) is 0 Å². The Balaban J connectivity index is 1.48. The maximum Gasteiger partial charge on any atom is 0.0689 e. The van der Waals surface area contributed by atoms with Gasteiger partial charge in [-0.15, -0.1) is 0 Å². The molecule has 0 amide bonds. The molecule has 3 aliphatic carbocycles. The van der Waals surface area contributed by atoms with E-state index < -0.39 is 0 Å². The molecule has 1 heteroatoms. The largest absolute Gasteiger partial charge is 0.198 e. The second-order valence-corrected chi connectivity index (χ2v) is 9.80. The van der Waals surface area contributed by atoms with Crippen molar-refractivity contribution in [2.75, 3.05) is 0 Å². The SMILES string of the molecule is CCCCCCC[C@H]1CCC2C(CCC3C[C@@](C#N)(CC)CCC32)C1. The lowest BCUT2D eigenvalue weighted by atomic mass is 9.52. The fourth-order valence-electron chi connectivity index (χ4n) is 6.82. The Kier molecular flexibility index (Phi) is 6.87. The second kappa shape index (κ2) is 8.92. The summed E-state index contributed by atoms with van der Waals surface area (Å²) in [5, 5.41) is 9.69. The predicted octanol–water partition coefficient (Wildman–Crippen LogP) is 7.51. The number of nitrogens with zero attached hydrogens (tertiary/aromatic N) is 1. The summed E-state index contributed by atoms with van der Waals surface area (Å²) >= 11 is 0. The van der Waals surface area contributed by atoms with E-state index in [-0.39, 0.29) is 5.41 Å². The summed E-state index contributed by atoms with van der Waals surface area (Å²) in [7, 11) is 0. The predicted molar refractivity (Wildman–Crippen MR) is 106 cm³/mol. The minimum absolute atomic E-state index is 0.0314. The quantitative estimate of drug-likeness (QED) is 0.439. The Morgan fingerprint density at radius 2 is 1.64 bits per heavy atom. The summed E-state index contributed by atoms with van der Waals surface area (Å²) in [6.07, 6.45) is 21.0. The van der Waals surface area contributed by atoms with Crippen LogP contribution in [0.1, 0.15) is 110 Å². The topological polar surface area (TPSA) is 23.8 Å². The van der Waals surface area contributed by atoms with Crippen LogP contribution in [0.15, 0.2) is 0 Å². The zero-order valence-corrected chi connectivity index (χ0v) is 16.9. The molecule has 6 atom stereocenters. The maximum absolute atomic E-state index is 9.69. The first-order valence-electron chi connectivity index (χ1n) is 11.6. The summed E-state index contributed by atoms with van der Waals surface area (Å²) in [6, 6.07) is 2.72. The van der Waals surface area contributed by atoms with E-state index in [0.717, 1.165) is 36.0 Å². The molecule has 0 aromatic heterocycles. The lowest BCUT2D eigenvalue weighted by Gasteiger charge is -2.52. The molecule has 25 heavy (non-hydrogen) atoms. The van der Waals surface area contributed by atoms with Gasteiger partial charge in [-0.05, 0) is 81.0 Å². The van der Waals surface area contributed by atoms with Crippen molar-refractivity contribution in [1.29, 1.82) is 5.26 Å². The van der Waals surface area contributed by atoms with E-state index in [1.807, 2.05) is 0 Å². The molecule has 0 aromatic carbocycles. The molecule has 3 fully saturated rings. The third-order valence-electron chi connectivity index (χ3n) is 8.45.